The number of aliphatic hydroxyl groups is 3. The van der Waals surface area contributed by atoms with Gasteiger partial charge < -0.3 is 29.8 Å². The Balaban J connectivity index is 2.66. The minimum Gasteiger partial charge on any atom is -0.394 e. The number of rotatable bonds is 3. The predicted octanol–water partition coefficient (Wildman–Crippen LogP) is -2.12. The highest BCUT2D eigenvalue weighted by Gasteiger charge is 2.49. The molecule has 0 aromatic rings. The molecule has 0 saturated carbocycles. The summed E-state index contributed by atoms with van der Waals surface area (Å²) in [5.41, 5.74) is 0. The second kappa shape index (κ2) is 3.84. The Morgan fingerprint density at radius 3 is 2.50 bits per heavy atom. The molecule has 1 aliphatic heterocycles. The second-order valence-electron chi connectivity index (χ2n) is 2.90. The van der Waals surface area contributed by atoms with Crippen LogP contribution in [0.15, 0.2) is 0 Å². The predicted molar refractivity (Wildman–Crippen MR) is 40.7 cm³/mol. The number of hydrogen-bond acceptors (Lipinski definition) is 6. The van der Waals surface area contributed by atoms with Gasteiger partial charge in [-0.1, -0.05) is 0 Å². The van der Waals surface area contributed by atoms with Crippen LogP contribution in [0, 0.1) is 0 Å². The van der Waals surface area contributed by atoms with Crippen LogP contribution in [0.25, 0.3) is 0 Å². The molecule has 9 heteroatoms. The molecule has 0 amide bonds. The van der Waals surface area contributed by atoms with Gasteiger partial charge in [-0.3, -0.25) is 0 Å². The zero-order chi connectivity index (χ0) is 11.0. The van der Waals surface area contributed by atoms with E-state index in [1.807, 2.05) is 0 Å². The highest BCUT2D eigenvalue weighted by molar-refractivity contribution is 7.46. The monoisotopic (exact) mass is 230 g/mol. The number of hydrogen-bond donors (Lipinski definition) is 5. The van der Waals surface area contributed by atoms with Crippen molar-refractivity contribution in [2.45, 2.75) is 24.6 Å². The van der Waals surface area contributed by atoms with Crippen LogP contribution in [0.2, 0.25) is 0 Å². The standard InChI is InChI=1S/C5H11O8P/c6-2-4-3(7)1-5(8,12-4)13-14(9,10)11/h3-4,6-8H,1-2H2,(H2,9,10,11)/t3-,4+,5-/m0/s1. The Bertz CT molecular complexity index is 250. The van der Waals surface area contributed by atoms with Gasteiger partial charge in [0.05, 0.1) is 19.1 Å². The van der Waals surface area contributed by atoms with E-state index in [2.05, 4.69) is 9.26 Å². The SMILES string of the molecule is O=P(O)(O)O[C@]1(O)C[C@H](O)[C@@H](CO)O1. The lowest BCUT2D eigenvalue weighted by atomic mass is 10.2. The number of phosphoric ester groups is 1. The molecule has 0 aromatic heterocycles. The van der Waals surface area contributed by atoms with E-state index in [0.29, 0.717) is 0 Å². The molecule has 1 saturated heterocycles. The fraction of sp³-hybridized carbons (Fsp3) is 1.00. The van der Waals surface area contributed by atoms with Crippen LogP contribution in [0.5, 0.6) is 0 Å². The molecule has 1 rings (SSSR count). The van der Waals surface area contributed by atoms with Gasteiger partial charge in [-0.05, 0) is 0 Å². The lowest BCUT2D eigenvalue weighted by Gasteiger charge is -2.22. The van der Waals surface area contributed by atoms with Gasteiger partial charge in [0, 0.05) is 0 Å². The molecule has 0 unspecified atom stereocenters. The van der Waals surface area contributed by atoms with Crippen molar-refractivity contribution < 1.29 is 38.9 Å². The molecule has 8 nitrogen and oxygen atoms in total. The van der Waals surface area contributed by atoms with Gasteiger partial charge in [0.15, 0.2) is 0 Å². The van der Waals surface area contributed by atoms with Crippen LogP contribution in [-0.4, -0.2) is 49.9 Å². The van der Waals surface area contributed by atoms with Crippen molar-refractivity contribution in [2.24, 2.45) is 0 Å². The smallest absolute Gasteiger partial charge is 0.394 e. The van der Waals surface area contributed by atoms with Gasteiger partial charge >= 0.3 is 7.82 Å². The van der Waals surface area contributed by atoms with Crippen LogP contribution in [0.4, 0.5) is 0 Å². The van der Waals surface area contributed by atoms with Gasteiger partial charge in [0.25, 0.3) is 5.97 Å². The highest BCUT2D eigenvalue weighted by Crippen LogP contribution is 2.45. The molecule has 84 valence electrons. The van der Waals surface area contributed by atoms with Gasteiger partial charge in [0.2, 0.25) is 0 Å². The molecule has 14 heavy (non-hydrogen) atoms. The third-order valence-electron chi connectivity index (χ3n) is 1.67. The molecule has 0 spiro atoms. The number of phosphoric acid groups is 1. The molecule has 1 fully saturated rings. The normalized spacial score (nSPS) is 38.9. The van der Waals surface area contributed by atoms with Gasteiger partial charge in [-0.25, -0.2) is 9.09 Å². The van der Waals surface area contributed by atoms with Crippen LogP contribution in [0.3, 0.4) is 0 Å². The first-order valence-corrected chi connectivity index (χ1v) is 5.24. The quantitative estimate of drug-likeness (QED) is 0.274. The molecular formula is C5H11O8P. The van der Waals surface area contributed by atoms with E-state index < -0.39 is 39.0 Å². The highest BCUT2D eigenvalue weighted by atomic mass is 31.2. The summed E-state index contributed by atoms with van der Waals surface area (Å²) in [6.07, 6.45) is -2.90. The minimum absolute atomic E-state index is 0.538. The van der Waals surface area contributed by atoms with Crippen molar-refractivity contribution in [1.29, 1.82) is 0 Å². The molecular weight excluding hydrogens is 219 g/mol. The van der Waals surface area contributed by atoms with E-state index >= 15 is 0 Å². The Labute approximate surface area is 78.9 Å². The van der Waals surface area contributed by atoms with Crippen LogP contribution < -0.4 is 0 Å². The van der Waals surface area contributed by atoms with Crippen LogP contribution in [0.1, 0.15) is 6.42 Å². The number of aliphatic hydroxyl groups excluding tert-OH is 2. The first-order chi connectivity index (χ1) is 6.26. The maximum Gasteiger partial charge on any atom is 0.473 e. The van der Waals surface area contributed by atoms with Crippen molar-refractivity contribution in [1.82, 2.24) is 0 Å². The third-order valence-corrected chi connectivity index (χ3v) is 2.20. The summed E-state index contributed by atoms with van der Waals surface area (Å²) >= 11 is 0. The van der Waals surface area contributed by atoms with E-state index in [9.17, 15) is 9.67 Å². The van der Waals surface area contributed by atoms with Crippen LogP contribution in [-0.2, 0) is 13.8 Å². The molecule has 0 bridgehead atoms. The molecule has 5 N–H and O–H groups in total. The lowest BCUT2D eigenvalue weighted by Crippen LogP contribution is -2.31. The lowest BCUT2D eigenvalue weighted by molar-refractivity contribution is -0.315. The molecule has 0 aromatic carbocycles. The van der Waals surface area contributed by atoms with E-state index in [1.54, 1.807) is 0 Å². The molecule has 1 heterocycles. The van der Waals surface area contributed by atoms with Gasteiger partial charge in [0.1, 0.15) is 6.10 Å². The maximum absolute atomic E-state index is 10.4. The van der Waals surface area contributed by atoms with Crippen LogP contribution >= 0.6 is 7.82 Å². The summed E-state index contributed by atoms with van der Waals surface area (Å²) < 4.78 is 18.8. The fourth-order valence-electron chi connectivity index (χ4n) is 1.16. The molecule has 3 atom stereocenters. The Kier molecular flexibility index (Phi) is 3.30. The van der Waals surface area contributed by atoms with E-state index in [4.69, 9.17) is 20.0 Å². The molecule has 0 aliphatic carbocycles. The zero-order valence-electron chi connectivity index (χ0n) is 6.98. The first kappa shape index (κ1) is 12.0. The average molecular weight is 230 g/mol. The number of ether oxygens (including phenoxy) is 1. The summed E-state index contributed by atoms with van der Waals surface area (Å²) in [5.74, 6) is -2.55. The largest absolute Gasteiger partial charge is 0.473 e. The van der Waals surface area contributed by atoms with Crippen molar-refractivity contribution in [3.05, 3.63) is 0 Å². The summed E-state index contributed by atoms with van der Waals surface area (Å²) in [6, 6.07) is 0. The Morgan fingerprint density at radius 1 is 1.57 bits per heavy atom. The van der Waals surface area contributed by atoms with E-state index in [0.717, 1.165) is 0 Å². The summed E-state index contributed by atoms with van der Waals surface area (Å²) in [6.45, 7) is -0.589. The van der Waals surface area contributed by atoms with Crippen molar-refractivity contribution in [3.8, 4) is 0 Å². The zero-order valence-corrected chi connectivity index (χ0v) is 7.87. The van der Waals surface area contributed by atoms with E-state index in [1.165, 1.54) is 0 Å². The molecule has 1 aliphatic rings. The Hall–Kier alpha value is -0.0500. The van der Waals surface area contributed by atoms with E-state index in [-0.39, 0.29) is 0 Å². The van der Waals surface area contributed by atoms with Crippen molar-refractivity contribution in [3.63, 3.8) is 0 Å². The maximum atomic E-state index is 10.4. The molecule has 0 radical (unpaired) electrons. The topological polar surface area (TPSA) is 137 Å². The second-order valence-corrected chi connectivity index (χ2v) is 4.07. The third kappa shape index (κ3) is 2.97. The minimum atomic E-state index is -4.91. The van der Waals surface area contributed by atoms with Crippen molar-refractivity contribution >= 4 is 7.82 Å². The summed E-state index contributed by atoms with van der Waals surface area (Å²) in [4.78, 5) is 16.8. The summed E-state index contributed by atoms with van der Waals surface area (Å²) in [7, 11) is -4.91. The van der Waals surface area contributed by atoms with Gasteiger partial charge in [-0.2, -0.15) is 0 Å². The van der Waals surface area contributed by atoms with Crippen molar-refractivity contribution in [2.75, 3.05) is 6.61 Å². The summed E-state index contributed by atoms with van der Waals surface area (Å²) in [5, 5.41) is 27.1. The fourth-order valence-corrected chi connectivity index (χ4v) is 1.65. The Morgan fingerprint density at radius 2 is 2.14 bits per heavy atom. The van der Waals surface area contributed by atoms with Gasteiger partial charge in [-0.15, -0.1) is 0 Å². The average Bonchev–Trinajstić information content (AvgIpc) is 2.21. The first-order valence-electron chi connectivity index (χ1n) is 3.71.